The molecule has 2 amide bonds. The SMILES string of the molecule is N=C(N)c1ccc2cc(C(=O)NCC3CCCCC3)n(CCc3ccc(C(N)=O)cc3)c2c1. The molecule has 0 spiro atoms. The second-order valence-corrected chi connectivity index (χ2v) is 8.89. The van der Waals surface area contributed by atoms with Crippen molar-refractivity contribution in [1.29, 1.82) is 5.41 Å². The van der Waals surface area contributed by atoms with Crippen molar-refractivity contribution < 1.29 is 9.59 Å². The van der Waals surface area contributed by atoms with E-state index in [0.29, 0.717) is 42.2 Å². The molecule has 7 heteroatoms. The summed E-state index contributed by atoms with van der Waals surface area (Å²) in [5.41, 5.74) is 14.7. The number of nitrogen functional groups attached to an aromatic ring is 1. The van der Waals surface area contributed by atoms with Crippen LogP contribution in [-0.4, -0.2) is 28.8 Å². The number of hydrogen-bond donors (Lipinski definition) is 4. The molecule has 7 nitrogen and oxygen atoms in total. The highest BCUT2D eigenvalue weighted by Gasteiger charge is 2.19. The number of primary amides is 1. The first-order valence-electron chi connectivity index (χ1n) is 11.6. The van der Waals surface area contributed by atoms with Crippen molar-refractivity contribution in [3.05, 3.63) is 70.9 Å². The summed E-state index contributed by atoms with van der Waals surface area (Å²) in [6.07, 6.45) is 6.79. The predicted molar refractivity (Wildman–Crippen MR) is 131 cm³/mol. The second kappa shape index (κ2) is 9.90. The van der Waals surface area contributed by atoms with Gasteiger partial charge in [-0.1, -0.05) is 43.5 Å². The molecule has 4 rings (SSSR count). The number of rotatable bonds is 8. The second-order valence-electron chi connectivity index (χ2n) is 8.89. The van der Waals surface area contributed by atoms with E-state index in [1.165, 1.54) is 32.1 Å². The maximum atomic E-state index is 13.2. The van der Waals surface area contributed by atoms with Crippen molar-refractivity contribution in [2.75, 3.05) is 6.54 Å². The van der Waals surface area contributed by atoms with E-state index >= 15 is 0 Å². The van der Waals surface area contributed by atoms with Crippen LogP contribution in [0.2, 0.25) is 0 Å². The van der Waals surface area contributed by atoms with E-state index in [1.807, 2.05) is 34.9 Å². The van der Waals surface area contributed by atoms with Crippen LogP contribution in [0.1, 0.15) is 64.1 Å². The molecular formula is C26H31N5O2. The van der Waals surface area contributed by atoms with E-state index in [2.05, 4.69) is 5.32 Å². The van der Waals surface area contributed by atoms with Crippen molar-refractivity contribution in [2.24, 2.45) is 17.4 Å². The summed E-state index contributed by atoms with van der Waals surface area (Å²) in [5.74, 6) is 0.0143. The number of benzene rings is 2. The van der Waals surface area contributed by atoms with Gasteiger partial charge in [0.15, 0.2) is 0 Å². The van der Waals surface area contributed by atoms with E-state index < -0.39 is 5.91 Å². The van der Waals surface area contributed by atoms with Crippen LogP contribution in [0.15, 0.2) is 48.5 Å². The lowest BCUT2D eigenvalue weighted by atomic mass is 9.89. The smallest absolute Gasteiger partial charge is 0.267 e. The Morgan fingerprint density at radius 2 is 1.67 bits per heavy atom. The van der Waals surface area contributed by atoms with Crippen molar-refractivity contribution in [3.63, 3.8) is 0 Å². The lowest BCUT2D eigenvalue weighted by molar-refractivity contribution is 0.0933. The normalized spacial score (nSPS) is 14.3. The Bertz CT molecular complexity index is 1170. The Labute approximate surface area is 193 Å². The van der Waals surface area contributed by atoms with E-state index in [9.17, 15) is 9.59 Å². The fourth-order valence-electron chi connectivity index (χ4n) is 4.65. The molecule has 1 aliphatic carbocycles. The van der Waals surface area contributed by atoms with Crippen molar-refractivity contribution in [3.8, 4) is 0 Å². The number of nitrogens with zero attached hydrogens (tertiary/aromatic N) is 1. The minimum atomic E-state index is -0.452. The van der Waals surface area contributed by atoms with Crippen molar-refractivity contribution in [2.45, 2.75) is 45.1 Å². The highest BCUT2D eigenvalue weighted by atomic mass is 16.2. The van der Waals surface area contributed by atoms with Gasteiger partial charge in [-0.2, -0.15) is 0 Å². The molecule has 1 fully saturated rings. The third kappa shape index (κ3) is 5.25. The zero-order valence-corrected chi connectivity index (χ0v) is 18.8. The molecule has 1 aliphatic rings. The van der Waals surface area contributed by atoms with E-state index in [-0.39, 0.29) is 11.7 Å². The van der Waals surface area contributed by atoms with Gasteiger partial charge in [0.2, 0.25) is 5.91 Å². The lowest BCUT2D eigenvalue weighted by Crippen LogP contribution is -2.31. The zero-order chi connectivity index (χ0) is 23.4. The van der Waals surface area contributed by atoms with Gasteiger partial charge in [0.05, 0.1) is 0 Å². The Kier molecular flexibility index (Phi) is 6.77. The lowest BCUT2D eigenvalue weighted by Gasteiger charge is -2.22. The maximum absolute atomic E-state index is 13.2. The third-order valence-corrected chi connectivity index (χ3v) is 6.59. The van der Waals surface area contributed by atoms with Crippen LogP contribution in [0.5, 0.6) is 0 Å². The van der Waals surface area contributed by atoms with Crippen LogP contribution in [-0.2, 0) is 13.0 Å². The van der Waals surface area contributed by atoms with Gasteiger partial charge in [-0.3, -0.25) is 15.0 Å². The molecule has 2 aromatic carbocycles. The monoisotopic (exact) mass is 445 g/mol. The number of carbonyl (C=O) groups excluding carboxylic acids is 2. The molecule has 1 heterocycles. The maximum Gasteiger partial charge on any atom is 0.267 e. The first kappa shape index (κ1) is 22.6. The molecule has 0 aliphatic heterocycles. The molecule has 3 aromatic rings. The van der Waals surface area contributed by atoms with Gasteiger partial charge in [-0.15, -0.1) is 0 Å². The van der Waals surface area contributed by atoms with Gasteiger partial charge in [-0.25, -0.2) is 0 Å². The topological polar surface area (TPSA) is 127 Å². The number of aromatic nitrogens is 1. The number of nitrogens with one attached hydrogen (secondary N) is 2. The van der Waals surface area contributed by atoms with Gasteiger partial charge in [0, 0.05) is 35.1 Å². The van der Waals surface area contributed by atoms with Crippen LogP contribution in [0.25, 0.3) is 10.9 Å². The standard InChI is InChI=1S/C26H31N5O2/c27-24(28)21-11-10-20-14-23(26(33)30-16-18-4-2-1-3-5-18)31(22(20)15-21)13-12-17-6-8-19(9-7-17)25(29)32/h6-11,14-15,18H,1-5,12-13,16H2,(H3,27,28)(H2,29,32)(H,30,33). The zero-order valence-electron chi connectivity index (χ0n) is 18.8. The number of aryl methyl sites for hydroxylation is 2. The molecule has 0 atom stereocenters. The Morgan fingerprint density at radius 3 is 2.33 bits per heavy atom. The fraction of sp³-hybridized carbons (Fsp3) is 0.346. The fourth-order valence-corrected chi connectivity index (χ4v) is 4.65. The number of nitrogens with two attached hydrogens (primary N) is 2. The summed E-state index contributed by atoms with van der Waals surface area (Å²) >= 11 is 0. The predicted octanol–water partition coefficient (Wildman–Crippen LogP) is 3.58. The van der Waals surface area contributed by atoms with Gasteiger partial charge < -0.3 is 21.4 Å². The van der Waals surface area contributed by atoms with Crippen LogP contribution >= 0.6 is 0 Å². The Balaban J connectivity index is 1.59. The Hall–Kier alpha value is -3.61. The minimum Gasteiger partial charge on any atom is -0.384 e. The van der Waals surface area contributed by atoms with Crippen molar-refractivity contribution >= 4 is 28.6 Å². The molecule has 1 aromatic heterocycles. The first-order chi connectivity index (χ1) is 15.9. The van der Waals surface area contributed by atoms with Crippen LogP contribution in [0.4, 0.5) is 0 Å². The third-order valence-electron chi connectivity index (χ3n) is 6.59. The highest BCUT2D eigenvalue weighted by molar-refractivity contribution is 6.02. The summed E-state index contributed by atoms with van der Waals surface area (Å²) < 4.78 is 2.00. The van der Waals surface area contributed by atoms with E-state index in [4.69, 9.17) is 16.9 Å². The molecule has 0 unspecified atom stereocenters. The summed E-state index contributed by atoms with van der Waals surface area (Å²) in [7, 11) is 0. The molecule has 0 saturated heterocycles. The average molecular weight is 446 g/mol. The molecule has 0 bridgehead atoms. The molecule has 0 radical (unpaired) electrons. The van der Waals surface area contributed by atoms with Gasteiger partial charge in [0.1, 0.15) is 11.5 Å². The molecule has 33 heavy (non-hydrogen) atoms. The number of hydrogen-bond acceptors (Lipinski definition) is 3. The van der Waals surface area contributed by atoms with Crippen LogP contribution in [0, 0.1) is 11.3 Å². The first-order valence-corrected chi connectivity index (χ1v) is 11.6. The number of fused-ring (bicyclic) bond motifs is 1. The quantitative estimate of drug-likeness (QED) is 0.313. The van der Waals surface area contributed by atoms with Crippen LogP contribution < -0.4 is 16.8 Å². The molecule has 6 N–H and O–H groups in total. The van der Waals surface area contributed by atoms with Crippen molar-refractivity contribution in [1.82, 2.24) is 9.88 Å². The molecular weight excluding hydrogens is 414 g/mol. The summed E-state index contributed by atoms with van der Waals surface area (Å²) in [4.78, 5) is 24.5. The summed E-state index contributed by atoms with van der Waals surface area (Å²) in [5, 5.41) is 11.9. The van der Waals surface area contributed by atoms with Gasteiger partial charge in [0.25, 0.3) is 5.91 Å². The number of carbonyl (C=O) groups is 2. The largest absolute Gasteiger partial charge is 0.384 e. The summed E-state index contributed by atoms with van der Waals surface area (Å²) in [6, 6.07) is 14.7. The van der Waals surface area contributed by atoms with E-state index in [0.717, 1.165) is 16.5 Å². The number of amidine groups is 1. The average Bonchev–Trinajstić information content (AvgIpc) is 3.20. The van der Waals surface area contributed by atoms with E-state index in [1.54, 1.807) is 18.2 Å². The molecule has 1 saturated carbocycles. The minimum absolute atomic E-state index is 0.00464. The molecule has 172 valence electrons. The summed E-state index contributed by atoms with van der Waals surface area (Å²) in [6.45, 7) is 1.28. The van der Waals surface area contributed by atoms with Crippen LogP contribution in [0.3, 0.4) is 0 Å². The Morgan fingerprint density at radius 1 is 0.970 bits per heavy atom. The number of amides is 2. The van der Waals surface area contributed by atoms with Gasteiger partial charge >= 0.3 is 0 Å². The van der Waals surface area contributed by atoms with Gasteiger partial charge in [-0.05, 0) is 55.0 Å². The highest BCUT2D eigenvalue weighted by Crippen LogP contribution is 2.25.